The second-order valence-electron chi connectivity index (χ2n) is 7.75. The summed E-state index contributed by atoms with van der Waals surface area (Å²) < 4.78 is 12.1. The Bertz CT molecular complexity index is 1350. The van der Waals surface area contributed by atoms with Crippen molar-refractivity contribution in [3.63, 3.8) is 0 Å². The van der Waals surface area contributed by atoms with Gasteiger partial charge in [0.2, 0.25) is 4.96 Å². The number of amides is 1. The number of rotatable bonds is 6. The Balaban J connectivity index is 1.22. The number of ether oxygens (including phenoxy) is 2. The third-order valence-electron chi connectivity index (χ3n) is 5.63. The standard InChI is InChI=1S/C24H23N5O4S/c1-32-18-7-9-19(10-8-18)33-16-22(31)28-13-11-27(12-14-28)20-15-21(30)29-24(25-20)34-23(26-29)17-5-3-2-4-6-17/h2-10,15H,11-14,16H2,1H3. The molecule has 0 spiro atoms. The molecular weight excluding hydrogens is 454 g/mol. The minimum atomic E-state index is -0.218. The predicted molar refractivity (Wildman–Crippen MR) is 130 cm³/mol. The first-order valence-corrected chi connectivity index (χ1v) is 11.7. The maximum absolute atomic E-state index is 12.7. The Kier molecular flexibility index (Phi) is 6.13. The number of nitrogens with zero attached hydrogens (tertiary/aromatic N) is 5. The van der Waals surface area contributed by atoms with Crippen LogP contribution in [0.15, 0.2) is 65.5 Å². The van der Waals surface area contributed by atoms with E-state index >= 15 is 0 Å². The number of carbonyl (C=O) groups is 1. The van der Waals surface area contributed by atoms with Crippen molar-refractivity contribution in [2.24, 2.45) is 0 Å². The highest BCUT2D eigenvalue weighted by Crippen LogP contribution is 2.25. The van der Waals surface area contributed by atoms with E-state index in [4.69, 9.17) is 9.47 Å². The minimum absolute atomic E-state index is 0.0268. The molecule has 10 heteroatoms. The van der Waals surface area contributed by atoms with Gasteiger partial charge in [-0.3, -0.25) is 9.59 Å². The summed E-state index contributed by atoms with van der Waals surface area (Å²) in [7, 11) is 1.60. The van der Waals surface area contributed by atoms with Crippen LogP contribution in [-0.4, -0.2) is 65.3 Å². The Labute approximate surface area is 199 Å². The van der Waals surface area contributed by atoms with Gasteiger partial charge in [-0.15, -0.1) is 0 Å². The lowest BCUT2D eigenvalue weighted by Gasteiger charge is -2.35. The molecule has 0 N–H and O–H groups in total. The lowest BCUT2D eigenvalue weighted by molar-refractivity contribution is -0.133. The molecule has 0 radical (unpaired) electrons. The highest BCUT2D eigenvalue weighted by Gasteiger charge is 2.23. The van der Waals surface area contributed by atoms with E-state index in [9.17, 15) is 9.59 Å². The topological polar surface area (TPSA) is 89.3 Å². The molecule has 2 aromatic carbocycles. The van der Waals surface area contributed by atoms with Gasteiger partial charge in [-0.1, -0.05) is 41.7 Å². The second kappa shape index (κ2) is 9.52. The Morgan fingerprint density at radius 1 is 1.00 bits per heavy atom. The van der Waals surface area contributed by atoms with Crippen LogP contribution < -0.4 is 19.9 Å². The number of piperazine rings is 1. The van der Waals surface area contributed by atoms with E-state index in [1.165, 1.54) is 21.9 Å². The molecule has 1 saturated heterocycles. The average Bonchev–Trinajstić information content (AvgIpc) is 3.33. The van der Waals surface area contributed by atoms with E-state index in [1.807, 2.05) is 35.2 Å². The molecule has 0 aliphatic carbocycles. The van der Waals surface area contributed by atoms with Gasteiger partial charge < -0.3 is 19.3 Å². The number of hydrogen-bond acceptors (Lipinski definition) is 8. The van der Waals surface area contributed by atoms with E-state index in [2.05, 4.69) is 10.1 Å². The van der Waals surface area contributed by atoms with Crippen molar-refractivity contribution >= 4 is 28.0 Å². The van der Waals surface area contributed by atoms with Crippen molar-refractivity contribution in [2.45, 2.75) is 0 Å². The van der Waals surface area contributed by atoms with Crippen molar-refractivity contribution < 1.29 is 14.3 Å². The number of methoxy groups -OCH3 is 1. The molecular formula is C24H23N5O4S. The quantitative estimate of drug-likeness (QED) is 0.422. The smallest absolute Gasteiger partial charge is 0.277 e. The molecule has 174 valence electrons. The van der Waals surface area contributed by atoms with Gasteiger partial charge in [0.15, 0.2) is 6.61 Å². The third kappa shape index (κ3) is 4.58. The average molecular weight is 478 g/mol. The summed E-state index contributed by atoms with van der Waals surface area (Å²) in [5.74, 6) is 1.88. The van der Waals surface area contributed by atoms with Gasteiger partial charge in [-0.25, -0.2) is 4.98 Å². The van der Waals surface area contributed by atoms with Crippen LogP contribution in [-0.2, 0) is 4.79 Å². The largest absolute Gasteiger partial charge is 0.497 e. The van der Waals surface area contributed by atoms with Crippen LogP contribution in [0.1, 0.15) is 0 Å². The molecule has 0 unspecified atom stereocenters. The molecule has 2 aromatic heterocycles. The molecule has 0 saturated carbocycles. The van der Waals surface area contributed by atoms with Crippen molar-refractivity contribution in [1.82, 2.24) is 19.5 Å². The zero-order valence-electron chi connectivity index (χ0n) is 18.6. The van der Waals surface area contributed by atoms with Gasteiger partial charge in [-0.05, 0) is 24.3 Å². The molecule has 3 heterocycles. The summed E-state index contributed by atoms with van der Waals surface area (Å²) in [6, 6.07) is 18.3. The van der Waals surface area contributed by atoms with Crippen molar-refractivity contribution in [2.75, 3.05) is 44.8 Å². The van der Waals surface area contributed by atoms with Gasteiger partial charge in [0.25, 0.3) is 11.5 Å². The number of aromatic nitrogens is 3. The van der Waals surface area contributed by atoms with Crippen LogP contribution in [0, 0.1) is 0 Å². The highest BCUT2D eigenvalue weighted by atomic mass is 32.1. The number of hydrogen-bond donors (Lipinski definition) is 0. The van der Waals surface area contributed by atoms with Gasteiger partial charge in [0.05, 0.1) is 7.11 Å². The maximum atomic E-state index is 12.7. The van der Waals surface area contributed by atoms with E-state index in [0.29, 0.717) is 42.7 Å². The van der Waals surface area contributed by atoms with Crippen LogP contribution in [0.5, 0.6) is 11.5 Å². The van der Waals surface area contributed by atoms with Crippen LogP contribution in [0.4, 0.5) is 5.82 Å². The normalized spacial score (nSPS) is 13.8. The van der Waals surface area contributed by atoms with Crippen LogP contribution in [0.3, 0.4) is 0 Å². The van der Waals surface area contributed by atoms with Gasteiger partial charge in [0, 0.05) is 37.8 Å². The van der Waals surface area contributed by atoms with Crippen LogP contribution in [0.2, 0.25) is 0 Å². The van der Waals surface area contributed by atoms with E-state index in [-0.39, 0.29) is 18.1 Å². The molecule has 5 rings (SSSR count). The zero-order chi connectivity index (χ0) is 23.5. The molecule has 0 atom stereocenters. The van der Waals surface area contributed by atoms with E-state index < -0.39 is 0 Å². The van der Waals surface area contributed by atoms with E-state index in [0.717, 1.165) is 16.3 Å². The lowest BCUT2D eigenvalue weighted by Crippen LogP contribution is -2.50. The molecule has 1 aliphatic rings. The second-order valence-corrected chi connectivity index (χ2v) is 8.71. The van der Waals surface area contributed by atoms with Gasteiger partial charge in [0.1, 0.15) is 22.3 Å². The molecule has 0 bridgehead atoms. The lowest BCUT2D eigenvalue weighted by atomic mass is 10.2. The summed E-state index contributed by atoms with van der Waals surface area (Å²) in [6.45, 7) is 2.21. The summed E-state index contributed by atoms with van der Waals surface area (Å²) in [5.41, 5.74) is 0.729. The summed E-state index contributed by atoms with van der Waals surface area (Å²) in [5, 5.41) is 5.17. The Hall–Kier alpha value is -3.92. The Morgan fingerprint density at radius 2 is 1.71 bits per heavy atom. The van der Waals surface area contributed by atoms with Crippen molar-refractivity contribution in [1.29, 1.82) is 0 Å². The maximum Gasteiger partial charge on any atom is 0.277 e. The number of carbonyl (C=O) groups excluding carboxylic acids is 1. The third-order valence-corrected chi connectivity index (χ3v) is 6.59. The first-order chi connectivity index (χ1) is 16.6. The van der Waals surface area contributed by atoms with Gasteiger partial charge in [-0.2, -0.15) is 9.61 Å². The van der Waals surface area contributed by atoms with Gasteiger partial charge >= 0.3 is 0 Å². The predicted octanol–water partition coefficient (Wildman–Crippen LogP) is 2.55. The first kappa shape index (κ1) is 21.9. The van der Waals surface area contributed by atoms with E-state index in [1.54, 1.807) is 36.3 Å². The van der Waals surface area contributed by atoms with Crippen LogP contribution >= 0.6 is 11.3 Å². The summed E-state index contributed by atoms with van der Waals surface area (Å²) in [4.78, 5) is 34.3. The van der Waals surface area contributed by atoms with Crippen molar-refractivity contribution in [3.8, 4) is 22.1 Å². The minimum Gasteiger partial charge on any atom is -0.497 e. The fourth-order valence-corrected chi connectivity index (χ4v) is 4.66. The molecule has 34 heavy (non-hydrogen) atoms. The molecule has 9 nitrogen and oxygen atoms in total. The number of anilines is 1. The molecule has 4 aromatic rings. The molecule has 1 aliphatic heterocycles. The fraction of sp³-hybridized carbons (Fsp3) is 0.250. The number of fused-ring (bicyclic) bond motifs is 1. The van der Waals surface area contributed by atoms with Crippen LogP contribution in [0.25, 0.3) is 15.5 Å². The zero-order valence-corrected chi connectivity index (χ0v) is 19.4. The number of benzene rings is 2. The monoisotopic (exact) mass is 477 g/mol. The first-order valence-electron chi connectivity index (χ1n) is 10.9. The SMILES string of the molecule is COc1ccc(OCC(=O)N2CCN(c3cc(=O)n4nc(-c5ccccc5)sc4n3)CC2)cc1. The Morgan fingerprint density at radius 3 is 2.41 bits per heavy atom. The summed E-state index contributed by atoms with van der Waals surface area (Å²) >= 11 is 1.38. The van der Waals surface area contributed by atoms with Crippen molar-refractivity contribution in [3.05, 3.63) is 71.0 Å². The fourth-order valence-electron chi connectivity index (χ4n) is 3.75. The highest BCUT2D eigenvalue weighted by molar-refractivity contribution is 7.19. The summed E-state index contributed by atoms with van der Waals surface area (Å²) in [6.07, 6.45) is 0. The molecule has 1 fully saturated rings. The molecule has 1 amide bonds.